The van der Waals surface area contributed by atoms with Crippen LogP contribution >= 0.6 is 11.8 Å². The quantitative estimate of drug-likeness (QED) is 0.722. The molecule has 1 aromatic carbocycles. The molecule has 0 saturated carbocycles. The van der Waals surface area contributed by atoms with E-state index in [1.165, 1.54) is 11.8 Å². The molecule has 0 aliphatic carbocycles. The molecule has 3 rings (SSSR count). The smallest absolute Gasteiger partial charge is 0.227 e. The van der Waals surface area contributed by atoms with Gasteiger partial charge in [-0.3, -0.25) is 14.3 Å². The molecule has 0 unspecified atom stereocenters. The highest BCUT2D eigenvalue weighted by Crippen LogP contribution is 2.28. The molecule has 7 heteroatoms. The van der Waals surface area contributed by atoms with Gasteiger partial charge < -0.3 is 5.73 Å². The van der Waals surface area contributed by atoms with Crippen molar-refractivity contribution < 1.29 is 4.79 Å². The lowest BCUT2D eigenvalue weighted by Gasteiger charge is -2.11. The summed E-state index contributed by atoms with van der Waals surface area (Å²) in [6.45, 7) is 4.08. The number of aryl methyl sites for hydroxylation is 2. The zero-order valence-corrected chi connectivity index (χ0v) is 14.2. The van der Waals surface area contributed by atoms with Crippen LogP contribution in [-0.2, 0) is 4.79 Å². The van der Waals surface area contributed by atoms with Gasteiger partial charge >= 0.3 is 0 Å². The zero-order valence-electron chi connectivity index (χ0n) is 13.4. The molecular weight excluding hydrogens is 322 g/mol. The molecule has 24 heavy (non-hydrogen) atoms. The van der Waals surface area contributed by atoms with Gasteiger partial charge in [-0.05, 0) is 49.2 Å². The summed E-state index contributed by atoms with van der Waals surface area (Å²) >= 11 is 1.27. The minimum absolute atomic E-state index is 0.149. The first kappa shape index (κ1) is 16.2. The number of nitrogens with zero attached hydrogens (tertiary/aromatic N) is 4. The summed E-state index contributed by atoms with van der Waals surface area (Å²) in [7, 11) is 0. The van der Waals surface area contributed by atoms with Gasteiger partial charge in [0.2, 0.25) is 5.91 Å². The van der Waals surface area contributed by atoms with Crippen LogP contribution in [0.5, 0.6) is 0 Å². The molecule has 1 amide bonds. The number of hydrogen-bond donors (Lipinski definition) is 1. The van der Waals surface area contributed by atoms with Crippen molar-refractivity contribution in [2.24, 2.45) is 5.73 Å². The highest BCUT2D eigenvalue weighted by atomic mass is 32.2. The monoisotopic (exact) mass is 339 g/mol. The van der Waals surface area contributed by atoms with Gasteiger partial charge in [0.1, 0.15) is 0 Å². The highest BCUT2D eigenvalue weighted by molar-refractivity contribution is 7.99. The normalized spacial score (nSPS) is 10.8. The average Bonchev–Trinajstić information content (AvgIpc) is 2.96. The minimum atomic E-state index is -0.391. The van der Waals surface area contributed by atoms with Crippen molar-refractivity contribution in [2.45, 2.75) is 19.0 Å². The Morgan fingerprint density at radius 2 is 1.96 bits per heavy atom. The van der Waals surface area contributed by atoms with Gasteiger partial charge in [-0.25, -0.2) is 0 Å². The number of benzene rings is 1. The molecular formula is C17H17N5OS. The third-order valence-corrected chi connectivity index (χ3v) is 4.31. The first-order valence-corrected chi connectivity index (χ1v) is 8.39. The summed E-state index contributed by atoms with van der Waals surface area (Å²) in [6, 6.07) is 10.0. The van der Waals surface area contributed by atoms with Crippen LogP contribution in [-0.4, -0.2) is 31.4 Å². The van der Waals surface area contributed by atoms with E-state index >= 15 is 0 Å². The standard InChI is InChI=1S/C17H17N5OS/c1-11-6-12(2)8-14(7-11)22-16(13-4-3-5-19-9-13)20-21-17(22)24-10-15(18)23/h3-9H,10H2,1-2H3,(H2,18,23). The second-order valence-corrected chi connectivity index (χ2v) is 6.43. The van der Waals surface area contributed by atoms with Crippen LogP contribution in [0.1, 0.15) is 11.1 Å². The second kappa shape index (κ2) is 6.84. The van der Waals surface area contributed by atoms with Crippen LogP contribution in [0.15, 0.2) is 47.9 Å². The van der Waals surface area contributed by atoms with Gasteiger partial charge in [-0.15, -0.1) is 10.2 Å². The summed E-state index contributed by atoms with van der Waals surface area (Å²) in [5.74, 6) is 0.439. The Labute approximate surface area is 144 Å². The first-order valence-electron chi connectivity index (χ1n) is 7.40. The van der Waals surface area contributed by atoms with E-state index in [1.807, 2.05) is 30.5 Å². The van der Waals surface area contributed by atoms with Crippen LogP contribution in [0, 0.1) is 13.8 Å². The summed E-state index contributed by atoms with van der Waals surface area (Å²) in [5.41, 5.74) is 9.35. The van der Waals surface area contributed by atoms with Gasteiger partial charge in [-0.1, -0.05) is 17.8 Å². The van der Waals surface area contributed by atoms with Crippen LogP contribution in [0.3, 0.4) is 0 Å². The molecule has 0 bridgehead atoms. The number of hydrogen-bond acceptors (Lipinski definition) is 5. The van der Waals surface area contributed by atoms with E-state index in [2.05, 4.69) is 33.4 Å². The lowest BCUT2D eigenvalue weighted by atomic mass is 10.1. The number of nitrogens with two attached hydrogens (primary N) is 1. The maximum absolute atomic E-state index is 11.1. The number of primary amides is 1. The molecule has 6 nitrogen and oxygen atoms in total. The molecule has 0 aliphatic rings. The fourth-order valence-corrected chi connectivity index (χ4v) is 3.18. The molecule has 0 fully saturated rings. The molecule has 0 aliphatic heterocycles. The first-order chi connectivity index (χ1) is 11.5. The maximum Gasteiger partial charge on any atom is 0.227 e. The van der Waals surface area contributed by atoms with Gasteiger partial charge in [0.25, 0.3) is 0 Å². The number of aromatic nitrogens is 4. The van der Waals surface area contributed by atoms with Crippen molar-refractivity contribution in [3.05, 3.63) is 53.9 Å². The van der Waals surface area contributed by atoms with Crippen molar-refractivity contribution in [1.29, 1.82) is 0 Å². The lowest BCUT2D eigenvalue weighted by Crippen LogP contribution is -2.13. The summed E-state index contributed by atoms with van der Waals surface area (Å²) < 4.78 is 1.94. The highest BCUT2D eigenvalue weighted by Gasteiger charge is 2.17. The van der Waals surface area contributed by atoms with E-state index in [-0.39, 0.29) is 5.75 Å². The molecule has 0 atom stereocenters. The van der Waals surface area contributed by atoms with Crippen molar-refractivity contribution in [1.82, 2.24) is 19.7 Å². The van der Waals surface area contributed by atoms with Gasteiger partial charge in [0, 0.05) is 18.0 Å². The number of amides is 1. The largest absolute Gasteiger partial charge is 0.369 e. The van der Waals surface area contributed by atoms with Gasteiger partial charge in [-0.2, -0.15) is 0 Å². The fraction of sp³-hybridized carbons (Fsp3) is 0.176. The summed E-state index contributed by atoms with van der Waals surface area (Å²) in [5, 5.41) is 9.16. The Kier molecular flexibility index (Phi) is 4.61. The Bertz CT molecular complexity index is 856. The zero-order chi connectivity index (χ0) is 17.1. The van der Waals surface area contributed by atoms with E-state index in [9.17, 15) is 4.79 Å². The third-order valence-electron chi connectivity index (χ3n) is 3.36. The fourth-order valence-electron chi connectivity index (χ4n) is 2.49. The lowest BCUT2D eigenvalue weighted by molar-refractivity contribution is -0.115. The van der Waals surface area contributed by atoms with Crippen LogP contribution in [0.2, 0.25) is 0 Å². The van der Waals surface area contributed by atoms with E-state index in [1.54, 1.807) is 12.4 Å². The maximum atomic E-state index is 11.1. The van der Waals surface area contributed by atoms with Crippen molar-refractivity contribution in [3.63, 3.8) is 0 Å². The Morgan fingerprint density at radius 3 is 2.58 bits per heavy atom. The summed E-state index contributed by atoms with van der Waals surface area (Å²) in [4.78, 5) is 15.3. The van der Waals surface area contributed by atoms with Crippen LogP contribution in [0.25, 0.3) is 17.1 Å². The Balaban J connectivity index is 2.15. The molecule has 0 radical (unpaired) electrons. The molecule has 0 spiro atoms. The number of carbonyl (C=O) groups excluding carboxylic acids is 1. The Hall–Kier alpha value is -2.67. The molecule has 122 valence electrons. The predicted molar refractivity (Wildman–Crippen MR) is 94.0 cm³/mol. The third kappa shape index (κ3) is 3.46. The van der Waals surface area contributed by atoms with Crippen molar-refractivity contribution in [2.75, 3.05) is 5.75 Å². The van der Waals surface area contributed by atoms with Crippen LogP contribution in [0.4, 0.5) is 0 Å². The number of rotatable bonds is 5. The van der Waals surface area contributed by atoms with Crippen molar-refractivity contribution >= 4 is 17.7 Å². The minimum Gasteiger partial charge on any atom is -0.369 e. The molecule has 0 saturated heterocycles. The van der Waals surface area contributed by atoms with Crippen LogP contribution < -0.4 is 5.73 Å². The molecule has 2 heterocycles. The number of carbonyl (C=O) groups is 1. The summed E-state index contributed by atoms with van der Waals surface area (Å²) in [6.07, 6.45) is 3.45. The Morgan fingerprint density at radius 1 is 1.21 bits per heavy atom. The van der Waals surface area contributed by atoms with E-state index in [4.69, 9.17) is 5.73 Å². The van der Waals surface area contributed by atoms with E-state index in [0.717, 1.165) is 22.4 Å². The van der Waals surface area contributed by atoms with Gasteiger partial charge in [0.15, 0.2) is 11.0 Å². The average molecular weight is 339 g/mol. The topological polar surface area (TPSA) is 86.7 Å². The van der Waals surface area contributed by atoms with Crippen molar-refractivity contribution in [3.8, 4) is 17.1 Å². The van der Waals surface area contributed by atoms with E-state index in [0.29, 0.717) is 11.0 Å². The molecule has 2 aromatic heterocycles. The molecule has 3 aromatic rings. The number of thioether (sulfide) groups is 1. The number of pyridine rings is 1. The molecule has 2 N–H and O–H groups in total. The van der Waals surface area contributed by atoms with E-state index < -0.39 is 5.91 Å². The predicted octanol–water partition coefficient (Wildman–Crippen LogP) is 2.52. The second-order valence-electron chi connectivity index (χ2n) is 5.48. The van der Waals surface area contributed by atoms with Gasteiger partial charge in [0.05, 0.1) is 11.4 Å². The SMILES string of the molecule is Cc1cc(C)cc(-n2c(SCC(N)=O)nnc2-c2cccnc2)c1.